The van der Waals surface area contributed by atoms with E-state index in [-0.39, 0.29) is 4.90 Å². The van der Waals surface area contributed by atoms with E-state index in [2.05, 4.69) is 4.74 Å². The molecule has 0 bridgehead atoms. The quantitative estimate of drug-likeness (QED) is 0.829. The maximum Gasteiger partial charge on any atom is 0.573 e. The summed E-state index contributed by atoms with van der Waals surface area (Å²) in [5.41, 5.74) is 0. The Morgan fingerprint density at radius 1 is 1.18 bits per heavy atom. The third kappa shape index (κ3) is 6.15. The summed E-state index contributed by atoms with van der Waals surface area (Å²) in [6.07, 6.45) is -3.92. The van der Waals surface area contributed by atoms with Crippen LogP contribution in [0.2, 0.25) is 0 Å². The van der Waals surface area contributed by atoms with Gasteiger partial charge in [0.1, 0.15) is 5.75 Å². The zero-order valence-electron chi connectivity index (χ0n) is 9.58. The molecule has 3 nitrogen and oxygen atoms in total. The molecule has 0 heterocycles. The molecule has 0 atom stereocenters. The van der Waals surface area contributed by atoms with Crippen molar-refractivity contribution < 1.29 is 26.3 Å². The molecule has 0 saturated carbocycles. The topological polar surface area (TPSA) is 43.4 Å². The van der Waals surface area contributed by atoms with Gasteiger partial charge in [-0.25, -0.2) is 8.42 Å². The van der Waals surface area contributed by atoms with E-state index in [4.69, 9.17) is 0 Å². The molecular formula is C10H13F3O3S. The average Bonchev–Trinajstić information content (AvgIpc) is 2.17. The molecule has 0 aliphatic carbocycles. The summed E-state index contributed by atoms with van der Waals surface area (Å²) in [7, 11) is -3.53. The van der Waals surface area contributed by atoms with Gasteiger partial charge in [-0.1, -0.05) is 19.9 Å². The molecule has 0 aliphatic rings. The van der Waals surface area contributed by atoms with Gasteiger partial charge in [-0.05, 0) is 18.2 Å². The molecule has 0 amide bonds. The van der Waals surface area contributed by atoms with Crippen LogP contribution in [0.3, 0.4) is 0 Å². The third-order valence-corrected chi connectivity index (χ3v) is 2.58. The van der Waals surface area contributed by atoms with Gasteiger partial charge in [0.15, 0.2) is 9.84 Å². The van der Waals surface area contributed by atoms with Crippen molar-refractivity contribution >= 4 is 9.84 Å². The Kier molecular flexibility index (Phi) is 5.47. The third-order valence-electron chi connectivity index (χ3n) is 1.47. The first kappa shape index (κ1) is 15.8. The van der Waals surface area contributed by atoms with Crippen molar-refractivity contribution in [1.82, 2.24) is 0 Å². The summed E-state index contributed by atoms with van der Waals surface area (Å²) in [6.45, 7) is 4.00. The number of sulfone groups is 1. The minimum atomic E-state index is -4.82. The van der Waals surface area contributed by atoms with Crippen molar-refractivity contribution in [2.24, 2.45) is 0 Å². The summed E-state index contributed by atoms with van der Waals surface area (Å²) in [5, 5.41) is 0. The number of alkyl halides is 3. The summed E-state index contributed by atoms with van der Waals surface area (Å²) < 4.78 is 61.0. The van der Waals surface area contributed by atoms with E-state index in [1.807, 2.05) is 13.8 Å². The molecule has 0 spiro atoms. The van der Waals surface area contributed by atoms with Gasteiger partial charge < -0.3 is 4.74 Å². The van der Waals surface area contributed by atoms with Gasteiger partial charge in [-0.3, -0.25) is 0 Å². The van der Waals surface area contributed by atoms with Crippen LogP contribution in [-0.4, -0.2) is 21.0 Å². The molecule has 17 heavy (non-hydrogen) atoms. The highest BCUT2D eigenvalue weighted by Gasteiger charge is 2.31. The van der Waals surface area contributed by atoms with Gasteiger partial charge in [0, 0.05) is 6.26 Å². The fourth-order valence-electron chi connectivity index (χ4n) is 0.902. The predicted octanol–water partition coefficient (Wildman–Crippen LogP) is 3.01. The van der Waals surface area contributed by atoms with Crippen LogP contribution < -0.4 is 4.74 Å². The van der Waals surface area contributed by atoms with Crippen LogP contribution in [0.25, 0.3) is 0 Å². The average molecular weight is 270 g/mol. The van der Waals surface area contributed by atoms with E-state index in [0.717, 1.165) is 18.4 Å². The van der Waals surface area contributed by atoms with Gasteiger partial charge in [0.2, 0.25) is 0 Å². The second-order valence-electron chi connectivity index (χ2n) is 2.79. The summed E-state index contributed by atoms with van der Waals surface area (Å²) in [4.78, 5) is -0.218. The molecular weight excluding hydrogens is 257 g/mol. The normalized spacial score (nSPS) is 11.4. The molecule has 0 saturated heterocycles. The lowest BCUT2D eigenvalue weighted by Gasteiger charge is -2.09. The van der Waals surface area contributed by atoms with Crippen molar-refractivity contribution in [3.05, 3.63) is 24.3 Å². The fourth-order valence-corrected chi connectivity index (χ4v) is 1.56. The van der Waals surface area contributed by atoms with Crippen LogP contribution in [0.1, 0.15) is 13.8 Å². The maximum atomic E-state index is 11.8. The van der Waals surface area contributed by atoms with Gasteiger partial charge in [0.05, 0.1) is 4.90 Å². The predicted molar refractivity (Wildman–Crippen MR) is 57.6 cm³/mol. The van der Waals surface area contributed by atoms with Crippen LogP contribution in [0.5, 0.6) is 5.75 Å². The van der Waals surface area contributed by atoms with E-state index in [0.29, 0.717) is 0 Å². The standard InChI is InChI=1S/C8H7F3O3S.C2H6/c1-15(12,13)7-4-2-3-6(5-7)14-8(9,10)11;1-2/h2-5H,1H3;1-2H3. The zero-order valence-corrected chi connectivity index (χ0v) is 10.4. The Balaban J connectivity index is 0.00000121. The molecule has 1 aromatic carbocycles. The summed E-state index contributed by atoms with van der Waals surface area (Å²) in [6, 6.07) is 4.22. The van der Waals surface area contributed by atoms with Crippen LogP contribution in [0, 0.1) is 0 Å². The lowest BCUT2D eigenvalue weighted by Crippen LogP contribution is -2.17. The Labute approximate surface area is 98.1 Å². The van der Waals surface area contributed by atoms with Crippen molar-refractivity contribution in [3.8, 4) is 5.75 Å². The molecule has 0 N–H and O–H groups in total. The number of hydrogen-bond donors (Lipinski definition) is 0. The molecule has 98 valence electrons. The van der Waals surface area contributed by atoms with Crippen molar-refractivity contribution in [2.75, 3.05) is 6.26 Å². The minimum Gasteiger partial charge on any atom is -0.406 e. The van der Waals surface area contributed by atoms with Crippen molar-refractivity contribution in [3.63, 3.8) is 0 Å². The summed E-state index contributed by atoms with van der Waals surface area (Å²) in [5.74, 6) is -0.551. The lowest BCUT2D eigenvalue weighted by molar-refractivity contribution is -0.274. The molecule has 0 aromatic heterocycles. The molecule has 1 rings (SSSR count). The Hall–Kier alpha value is -1.24. The zero-order chi connectivity index (χ0) is 13.7. The van der Waals surface area contributed by atoms with E-state index in [1.165, 1.54) is 12.1 Å². The monoisotopic (exact) mass is 270 g/mol. The highest BCUT2D eigenvalue weighted by molar-refractivity contribution is 7.90. The van der Waals surface area contributed by atoms with E-state index in [1.54, 1.807) is 0 Å². The molecule has 7 heteroatoms. The van der Waals surface area contributed by atoms with Crippen LogP contribution in [0.4, 0.5) is 13.2 Å². The fraction of sp³-hybridized carbons (Fsp3) is 0.400. The molecule has 0 unspecified atom stereocenters. The number of rotatable bonds is 2. The maximum absolute atomic E-state index is 11.8. The van der Waals surface area contributed by atoms with E-state index < -0.39 is 21.9 Å². The Morgan fingerprint density at radius 2 is 1.71 bits per heavy atom. The van der Waals surface area contributed by atoms with E-state index in [9.17, 15) is 21.6 Å². The van der Waals surface area contributed by atoms with Gasteiger partial charge in [0.25, 0.3) is 0 Å². The highest BCUT2D eigenvalue weighted by Crippen LogP contribution is 2.24. The van der Waals surface area contributed by atoms with Gasteiger partial charge in [-0.15, -0.1) is 13.2 Å². The number of hydrogen-bond acceptors (Lipinski definition) is 3. The molecule has 1 aromatic rings. The number of benzene rings is 1. The first-order chi connectivity index (χ1) is 7.68. The first-order valence-electron chi connectivity index (χ1n) is 4.74. The smallest absolute Gasteiger partial charge is 0.406 e. The van der Waals surface area contributed by atoms with Crippen molar-refractivity contribution in [1.29, 1.82) is 0 Å². The van der Waals surface area contributed by atoms with Crippen LogP contribution in [-0.2, 0) is 9.84 Å². The largest absolute Gasteiger partial charge is 0.573 e. The van der Waals surface area contributed by atoms with Gasteiger partial charge >= 0.3 is 6.36 Å². The molecule has 0 aliphatic heterocycles. The molecule has 0 fully saturated rings. The second kappa shape index (κ2) is 5.90. The number of halogens is 3. The minimum absolute atomic E-state index is 0.218. The van der Waals surface area contributed by atoms with Gasteiger partial charge in [-0.2, -0.15) is 0 Å². The van der Waals surface area contributed by atoms with Crippen LogP contribution >= 0.6 is 0 Å². The second-order valence-corrected chi connectivity index (χ2v) is 4.81. The summed E-state index contributed by atoms with van der Waals surface area (Å²) >= 11 is 0. The highest BCUT2D eigenvalue weighted by atomic mass is 32.2. The molecule has 0 radical (unpaired) electrons. The van der Waals surface area contributed by atoms with E-state index >= 15 is 0 Å². The van der Waals surface area contributed by atoms with Crippen LogP contribution in [0.15, 0.2) is 29.2 Å². The number of ether oxygens (including phenoxy) is 1. The lowest BCUT2D eigenvalue weighted by atomic mass is 10.3. The SMILES string of the molecule is CC.CS(=O)(=O)c1cccc(OC(F)(F)F)c1. The van der Waals surface area contributed by atoms with Crippen molar-refractivity contribution in [2.45, 2.75) is 25.1 Å². The Morgan fingerprint density at radius 3 is 2.12 bits per heavy atom. The first-order valence-corrected chi connectivity index (χ1v) is 6.63. The Bertz CT molecular complexity index is 452.